The molecule has 2 aromatic heterocycles. The molecule has 4 heterocycles. The third-order valence-electron chi connectivity index (χ3n) is 5.51. The number of fused-ring (bicyclic) bond motifs is 2. The highest BCUT2D eigenvalue weighted by Gasteiger charge is 2.61. The number of nitrogens with two attached hydrogens (primary N) is 1. The average molecular weight is 488 g/mol. The van der Waals surface area contributed by atoms with Crippen LogP contribution in [-0.4, -0.2) is 67.7 Å². The molecular formula is C18H26FN6O7P. The fourth-order valence-electron chi connectivity index (χ4n) is 3.90. The molecule has 4 N–H and O–H groups in total. The van der Waals surface area contributed by atoms with Crippen molar-refractivity contribution in [3.05, 3.63) is 6.33 Å². The van der Waals surface area contributed by atoms with Gasteiger partial charge in [-0.15, -0.1) is 0 Å². The summed E-state index contributed by atoms with van der Waals surface area (Å²) in [6, 6.07) is -1.22. The van der Waals surface area contributed by atoms with E-state index in [0.717, 1.165) is 0 Å². The molecule has 4 rings (SSSR count). The number of rotatable bonds is 7. The number of carbonyl (C=O) groups is 1. The highest BCUT2D eigenvalue weighted by Crippen LogP contribution is 2.57. The number of hydrogen-bond acceptors (Lipinski definition) is 10. The van der Waals surface area contributed by atoms with Crippen LogP contribution in [0.5, 0.6) is 5.88 Å². The number of aromatic nitrogens is 4. The number of anilines is 1. The van der Waals surface area contributed by atoms with Crippen molar-refractivity contribution in [1.29, 1.82) is 0 Å². The molecule has 0 radical (unpaired) electrons. The van der Waals surface area contributed by atoms with Crippen molar-refractivity contribution in [3.8, 4) is 5.88 Å². The van der Waals surface area contributed by atoms with Gasteiger partial charge in [0.2, 0.25) is 11.8 Å². The molecule has 2 aliphatic rings. The van der Waals surface area contributed by atoms with Crippen molar-refractivity contribution in [3.63, 3.8) is 0 Å². The molecule has 15 heteroatoms. The quantitative estimate of drug-likeness (QED) is 0.482. The molecule has 0 bridgehead atoms. The Labute approximate surface area is 188 Å². The maximum Gasteiger partial charge on any atom is 0.406 e. The van der Waals surface area contributed by atoms with Gasteiger partial charge in [0, 0.05) is 0 Å². The van der Waals surface area contributed by atoms with E-state index in [9.17, 15) is 14.5 Å². The van der Waals surface area contributed by atoms with Crippen molar-refractivity contribution in [2.45, 2.75) is 57.8 Å². The predicted octanol–water partition coefficient (Wildman–Crippen LogP) is 1.66. The van der Waals surface area contributed by atoms with Gasteiger partial charge in [-0.3, -0.25) is 18.4 Å². The number of hydrogen-bond donors (Lipinski definition) is 3. The molecule has 182 valence electrons. The second-order valence-corrected chi connectivity index (χ2v) is 10.1. The fourth-order valence-corrected chi connectivity index (χ4v) is 5.83. The van der Waals surface area contributed by atoms with Crippen LogP contribution in [0.1, 0.15) is 33.9 Å². The van der Waals surface area contributed by atoms with E-state index in [2.05, 4.69) is 20.0 Å². The summed E-state index contributed by atoms with van der Waals surface area (Å²) in [5.41, 5.74) is 4.02. The fraction of sp³-hybridized carbons (Fsp3) is 0.667. The van der Waals surface area contributed by atoms with Crippen LogP contribution in [0.15, 0.2) is 6.33 Å². The van der Waals surface area contributed by atoms with Crippen LogP contribution in [0.3, 0.4) is 0 Å². The Morgan fingerprint density at radius 2 is 2.24 bits per heavy atom. The molecule has 2 saturated heterocycles. The molecule has 1 unspecified atom stereocenters. The Morgan fingerprint density at radius 1 is 1.52 bits per heavy atom. The van der Waals surface area contributed by atoms with E-state index in [-0.39, 0.29) is 29.6 Å². The number of nitrogens with zero attached hydrogens (tertiary/aromatic N) is 4. The Bertz CT molecular complexity index is 1110. The van der Waals surface area contributed by atoms with Crippen LogP contribution in [0.2, 0.25) is 0 Å². The molecule has 6 atom stereocenters. The van der Waals surface area contributed by atoms with Gasteiger partial charge in [-0.1, -0.05) is 13.8 Å². The number of carboxylic acid groups (broad SMARTS) is 1. The standard InChI is InChI=1S/C18H26FN6O7P/c1-5-29-14-11-13(22-17(20)23-14)25(7-21-11)16-18(4,19)12-9(31-16)6-30-33(28,32-12)24-10(8(2)3)15(26)27/h7-10,12,16H,5-6H2,1-4H3,(H,24,28)(H,26,27)(H2,20,22,23)/t9-,10?,12-,16-,18-,33+/m1/s1. The molecule has 2 aromatic rings. The lowest BCUT2D eigenvalue weighted by Crippen LogP contribution is -2.48. The summed E-state index contributed by atoms with van der Waals surface area (Å²) < 4.78 is 52.7. The van der Waals surface area contributed by atoms with Crippen LogP contribution in [0.25, 0.3) is 11.2 Å². The molecule has 13 nitrogen and oxygen atoms in total. The topological polar surface area (TPSA) is 173 Å². The van der Waals surface area contributed by atoms with Gasteiger partial charge in [0.05, 0.1) is 19.5 Å². The van der Waals surface area contributed by atoms with Crippen molar-refractivity contribution in [1.82, 2.24) is 24.6 Å². The van der Waals surface area contributed by atoms with E-state index in [0.29, 0.717) is 6.61 Å². The number of imidazole rings is 1. The molecule has 0 aliphatic carbocycles. The lowest BCUT2D eigenvalue weighted by molar-refractivity contribution is -0.140. The number of nitrogens with one attached hydrogen (secondary N) is 1. The minimum absolute atomic E-state index is 0.0923. The molecule has 2 fully saturated rings. The first kappa shape index (κ1) is 23.8. The summed E-state index contributed by atoms with van der Waals surface area (Å²) in [5, 5.41) is 11.8. The number of ether oxygens (including phenoxy) is 2. The third-order valence-corrected chi connectivity index (χ3v) is 7.10. The van der Waals surface area contributed by atoms with Crippen LogP contribution in [-0.2, 0) is 23.1 Å². The molecular weight excluding hydrogens is 462 g/mol. The number of alkyl halides is 1. The van der Waals surface area contributed by atoms with Crippen molar-refractivity contribution in [2.75, 3.05) is 18.9 Å². The summed E-state index contributed by atoms with van der Waals surface area (Å²) in [5.74, 6) is -1.60. The van der Waals surface area contributed by atoms with Crippen molar-refractivity contribution < 1.29 is 37.4 Å². The van der Waals surface area contributed by atoms with Crippen molar-refractivity contribution >= 4 is 30.8 Å². The van der Waals surface area contributed by atoms with Gasteiger partial charge in [0.25, 0.3) is 0 Å². The Morgan fingerprint density at radius 3 is 2.88 bits per heavy atom. The minimum atomic E-state index is -4.14. The summed E-state index contributed by atoms with van der Waals surface area (Å²) in [6.07, 6.45) is -2.20. The normalized spacial score (nSPS) is 32.7. The third kappa shape index (κ3) is 4.17. The summed E-state index contributed by atoms with van der Waals surface area (Å²) in [7, 11) is -4.14. The van der Waals surface area contributed by atoms with E-state index in [1.54, 1.807) is 20.8 Å². The van der Waals surface area contributed by atoms with Crippen LogP contribution in [0, 0.1) is 5.92 Å². The average Bonchev–Trinajstić information content (AvgIpc) is 3.24. The molecule has 0 spiro atoms. The summed E-state index contributed by atoms with van der Waals surface area (Å²) in [4.78, 5) is 23.9. The van der Waals surface area contributed by atoms with Crippen LogP contribution < -0.4 is 15.6 Å². The van der Waals surface area contributed by atoms with Crippen LogP contribution in [0.4, 0.5) is 10.3 Å². The monoisotopic (exact) mass is 488 g/mol. The van der Waals surface area contributed by atoms with Crippen LogP contribution >= 0.6 is 7.75 Å². The number of halogens is 1. The molecule has 33 heavy (non-hydrogen) atoms. The SMILES string of the molecule is CCOc1nc(N)nc2c1ncn2[C@@H]1O[C@@H]2CO[P@@](=O)(NC(C(=O)O)C(C)C)O[C@H]2[C@@]1(C)F. The van der Waals surface area contributed by atoms with Gasteiger partial charge >= 0.3 is 13.7 Å². The molecule has 0 amide bonds. The molecule has 0 saturated carbocycles. The Kier molecular flexibility index (Phi) is 6.08. The zero-order chi connectivity index (χ0) is 24.1. The summed E-state index contributed by atoms with van der Waals surface area (Å²) >= 11 is 0. The van der Waals surface area contributed by atoms with E-state index in [1.807, 2.05) is 0 Å². The predicted molar refractivity (Wildman–Crippen MR) is 112 cm³/mol. The first-order valence-electron chi connectivity index (χ1n) is 10.4. The lowest BCUT2D eigenvalue weighted by atomic mass is 9.98. The minimum Gasteiger partial charge on any atom is -0.480 e. The van der Waals surface area contributed by atoms with Crippen molar-refractivity contribution in [2.24, 2.45) is 5.92 Å². The molecule has 0 aromatic carbocycles. The zero-order valence-electron chi connectivity index (χ0n) is 18.5. The highest BCUT2D eigenvalue weighted by atomic mass is 31.2. The second-order valence-electron chi connectivity index (χ2n) is 8.33. The smallest absolute Gasteiger partial charge is 0.406 e. The maximum absolute atomic E-state index is 16.1. The summed E-state index contributed by atoms with van der Waals surface area (Å²) in [6.45, 7) is 6.30. The second kappa shape index (κ2) is 8.44. The van der Waals surface area contributed by atoms with E-state index >= 15 is 4.39 Å². The number of nitrogen functional groups attached to an aromatic ring is 1. The molecule has 2 aliphatic heterocycles. The van der Waals surface area contributed by atoms with E-state index in [1.165, 1.54) is 17.8 Å². The highest BCUT2D eigenvalue weighted by molar-refractivity contribution is 7.51. The number of carboxylic acids is 1. The van der Waals surface area contributed by atoms with Gasteiger partial charge in [0.15, 0.2) is 23.1 Å². The Balaban J connectivity index is 1.64. The van der Waals surface area contributed by atoms with E-state index in [4.69, 9.17) is 24.3 Å². The van der Waals surface area contributed by atoms with Gasteiger partial charge in [-0.25, -0.2) is 19.0 Å². The lowest BCUT2D eigenvalue weighted by Gasteiger charge is -2.35. The van der Waals surface area contributed by atoms with Gasteiger partial charge in [-0.05, 0) is 19.8 Å². The largest absolute Gasteiger partial charge is 0.480 e. The maximum atomic E-state index is 16.1. The van der Waals surface area contributed by atoms with E-state index < -0.39 is 49.8 Å². The van der Waals surface area contributed by atoms with Gasteiger partial charge in [-0.2, -0.15) is 9.97 Å². The number of aliphatic carboxylic acids is 1. The van der Waals surface area contributed by atoms with Gasteiger partial charge < -0.3 is 20.3 Å². The van der Waals surface area contributed by atoms with Gasteiger partial charge in [0.1, 0.15) is 18.2 Å². The first-order valence-corrected chi connectivity index (χ1v) is 11.9. The first-order chi connectivity index (χ1) is 15.5. The Hall–Kier alpha value is -2.38. The zero-order valence-corrected chi connectivity index (χ0v) is 19.4.